The average Bonchev–Trinajstić information content (AvgIpc) is 3.17. The number of hydrogen-bond acceptors (Lipinski definition) is 6. The molecule has 3 aromatic rings. The van der Waals surface area contributed by atoms with Crippen molar-refractivity contribution in [1.29, 1.82) is 0 Å². The Morgan fingerprint density at radius 3 is 2.50 bits per heavy atom. The number of fused-ring (bicyclic) bond motifs is 3. The molecule has 178 valence electrons. The van der Waals surface area contributed by atoms with Gasteiger partial charge in [0.1, 0.15) is 10.7 Å². The number of sulfone groups is 1. The van der Waals surface area contributed by atoms with Crippen LogP contribution in [0, 0.1) is 5.82 Å². The van der Waals surface area contributed by atoms with Gasteiger partial charge in [-0.25, -0.2) is 17.5 Å². The number of morpholine rings is 1. The Bertz CT molecular complexity index is 1360. The fourth-order valence-electron chi connectivity index (χ4n) is 4.52. The van der Waals surface area contributed by atoms with Gasteiger partial charge in [-0.15, -0.1) is 0 Å². The molecule has 2 aliphatic rings. The fraction of sp³-hybridized carbons (Fsp3) is 0.333. The van der Waals surface area contributed by atoms with E-state index in [1.807, 2.05) is 43.3 Å². The first-order valence-corrected chi connectivity index (χ1v) is 12.7. The number of carbonyl (C=O) groups is 1. The van der Waals surface area contributed by atoms with Crippen molar-refractivity contribution < 1.29 is 22.3 Å². The summed E-state index contributed by atoms with van der Waals surface area (Å²) in [6.45, 7) is 2.38. The van der Waals surface area contributed by atoms with Crippen LogP contribution in [0.3, 0.4) is 0 Å². The van der Waals surface area contributed by atoms with Gasteiger partial charge in [-0.05, 0) is 37.9 Å². The SMILES string of the molecule is CN(C)Cc1ccc(-n2nc(C(=O)N3CCOCC3)c3c2-c2cccc(F)c2S(=O)(=O)C3)cc1. The number of benzene rings is 2. The van der Waals surface area contributed by atoms with E-state index in [9.17, 15) is 17.6 Å². The van der Waals surface area contributed by atoms with Gasteiger partial charge in [0.05, 0.1) is 30.3 Å². The Morgan fingerprint density at radius 2 is 1.82 bits per heavy atom. The third-order valence-electron chi connectivity index (χ3n) is 6.03. The highest BCUT2D eigenvalue weighted by molar-refractivity contribution is 7.91. The number of carbonyl (C=O) groups excluding carboxylic acids is 1. The number of ether oxygens (including phenoxy) is 1. The van der Waals surface area contributed by atoms with E-state index in [0.717, 1.165) is 18.2 Å². The minimum absolute atomic E-state index is 0.0766. The molecule has 2 aromatic carbocycles. The topological polar surface area (TPSA) is 84.7 Å². The molecule has 0 atom stereocenters. The lowest BCUT2D eigenvalue weighted by Gasteiger charge is -2.26. The third kappa shape index (κ3) is 3.91. The first-order valence-electron chi connectivity index (χ1n) is 11.0. The molecule has 2 aliphatic heterocycles. The number of rotatable bonds is 4. The second-order valence-corrected chi connectivity index (χ2v) is 10.7. The average molecular weight is 485 g/mol. The second kappa shape index (κ2) is 8.61. The molecule has 0 unspecified atom stereocenters. The van der Waals surface area contributed by atoms with Crippen LogP contribution in [0.5, 0.6) is 0 Å². The Kier molecular flexibility index (Phi) is 5.75. The summed E-state index contributed by atoms with van der Waals surface area (Å²) in [5.41, 5.74) is 2.77. The summed E-state index contributed by atoms with van der Waals surface area (Å²) in [4.78, 5) is 16.7. The molecule has 10 heteroatoms. The van der Waals surface area contributed by atoms with Crippen LogP contribution in [0.4, 0.5) is 4.39 Å². The van der Waals surface area contributed by atoms with Crippen LogP contribution >= 0.6 is 0 Å². The van der Waals surface area contributed by atoms with Crippen molar-refractivity contribution in [2.75, 3.05) is 40.4 Å². The molecular formula is C24H25FN4O4S. The van der Waals surface area contributed by atoms with E-state index in [1.165, 1.54) is 6.07 Å². The maximum atomic E-state index is 14.7. The van der Waals surface area contributed by atoms with Crippen LogP contribution in [0.15, 0.2) is 47.4 Å². The molecule has 0 spiro atoms. The van der Waals surface area contributed by atoms with E-state index < -0.39 is 21.4 Å². The first kappa shape index (κ1) is 22.7. The summed E-state index contributed by atoms with van der Waals surface area (Å²) >= 11 is 0. The van der Waals surface area contributed by atoms with Crippen LogP contribution in [-0.2, 0) is 26.9 Å². The van der Waals surface area contributed by atoms with Crippen LogP contribution in [-0.4, -0.2) is 74.3 Å². The number of aromatic nitrogens is 2. The van der Waals surface area contributed by atoms with Crippen LogP contribution in [0.2, 0.25) is 0 Å². The van der Waals surface area contributed by atoms with Gasteiger partial charge in [-0.3, -0.25) is 4.79 Å². The lowest BCUT2D eigenvalue weighted by Crippen LogP contribution is -2.41. The molecule has 1 aromatic heterocycles. The van der Waals surface area contributed by atoms with Crippen molar-refractivity contribution in [2.24, 2.45) is 0 Å². The molecule has 0 bridgehead atoms. The number of halogens is 1. The van der Waals surface area contributed by atoms with Crippen LogP contribution in [0.1, 0.15) is 21.6 Å². The first-order chi connectivity index (χ1) is 16.3. The molecule has 3 heterocycles. The van der Waals surface area contributed by atoms with Gasteiger partial charge in [-0.1, -0.05) is 24.3 Å². The molecule has 0 radical (unpaired) electrons. The Balaban J connectivity index is 1.70. The lowest BCUT2D eigenvalue weighted by molar-refractivity contribution is 0.0298. The van der Waals surface area contributed by atoms with E-state index in [4.69, 9.17) is 4.74 Å². The zero-order chi connectivity index (χ0) is 24.0. The monoisotopic (exact) mass is 484 g/mol. The van der Waals surface area contributed by atoms with E-state index in [0.29, 0.717) is 43.2 Å². The van der Waals surface area contributed by atoms with E-state index in [1.54, 1.807) is 15.6 Å². The van der Waals surface area contributed by atoms with Gasteiger partial charge in [0, 0.05) is 30.8 Å². The normalized spacial score (nSPS) is 16.9. The number of nitrogens with zero attached hydrogens (tertiary/aromatic N) is 4. The van der Waals surface area contributed by atoms with Crippen molar-refractivity contribution in [3.63, 3.8) is 0 Å². The van der Waals surface area contributed by atoms with Crippen LogP contribution < -0.4 is 0 Å². The summed E-state index contributed by atoms with van der Waals surface area (Å²) in [5, 5.41) is 4.61. The lowest BCUT2D eigenvalue weighted by atomic mass is 10.0. The predicted molar refractivity (Wildman–Crippen MR) is 124 cm³/mol. The van der Waals surface area contributed by atoms with E-state index in [-0.39, 0.29) is 22.1 Å². The fourth-order valence-corrected chi connectivity index (χ4v) is 6.18. The molecule has 0 N–H and O–H groups in total. The minimum Gasteiger partial charge on any atom is -0.378 e. The van der Waals surface area contributed by atoms with Crippen LogP contribution in [0.25, 0.3) is 16.9 Å². The molecule has 1 saturated heterocycles. The largest absolute Gasteiger partial charge is 0.378 e. The Morgan fingerprint density at radius 1 is 1.12 bits per heavy atom. The molecule has 0 saturated carbocycles. The van der Waals surface area contributed by atoms with E-state index in [2.05, 4.69) is 5.10 Å². The molecular weight excluding hydrogens is 459 g/mol. The van der Waals surface area contributed by atoms with E-state index >= 15 is 0 Å². The summed E-state index contributed by atoms with van der Waals surface area (Å²) in [6.07, 6.45) is 0. The molecule has 1 fully saturated rings. The zero-order valence-corrected chi connectivity index (χ0v) is 19.8. The van der Waals surface area contributed by atoms with Crippen molar-refractivity contribution in [2.45, 2.75) is 17.2 Å². The van der Waals surface area contributed by atoms with Gasteiger partial charge in [0.25, 0.3) is 5.91 Å². The van der Waals surface area contributed by atoms with Crippen molar-refractivity contribution in [3.05, 3.63) is 65.1 Å². The summed E-state index contributed by atoms with van der Waals surface area (Å²) in [5.74, 6) is -1.64. The standard InChI is InChI=1S/C24H25FN4O4S/c1-27(2)14-16-6-8-17(9-7-16)29-22-18-4-3-5-20(25)23(18)34(31,32)15-19(22)21(26-29)24(30)28-10-12-33-13-11-28/h3-9H,10-15H2,1-2H3. The number of amides is 1. The van der Waals surface area contributed by atoms with Gasteiger partial charge in [0.2, 0.25) is 0 Å². The Hall–Kier alpha value is -3.08. The molecule has 8 nitrogen and oxygen atoms in total. The molecule has 5 rings (SSSR count). The molecule has 1 amide bonds. The summed E-state index contributed by atoms with van der Waals surface area (Å²) < 4.78 is 47.8. The third-order valence-corrected chi connectivity index (χ3v) is 7.74. The second-order valence-electron chi connectivity index (χ2n) is 8.77. The summed E-state index contributed by atoms with van der Waals surface area (Å²) in [6, 6.07) is 11.8. The van der Waals surface area contributed by atoms with Crippen molar-refractivity contribution in [3.8, 4) is 16.9 Å². The van der Waals surface area contributed by atoms with Crippen molar-refractivity contribution in [1.82, 2.24) is 19.6 Å². The summed E-state index contributed by atoms with van der Waals surface area (Å²) in [7, 11) is -0.0324. The molecule has 34 heavy (non-hydrogen) atoms. The van der Waals surface area contributed by atoms with Gasteiger partial charge in [-0.2, -0.15) is 5.10 Å². The maximum absolute atomic E-state index is 14.7. The van der Waals surface area contributed by atoms with Gasteiger partial charge in [0.15, 0.2) is 15.5 Å². The smallest absolute Gasteiger partial charge is 0.274 e. The predicted octanol–water partition coefficient (Wildman–Crippen LogP) is 2.50. The zero-order valence-electron chi connectivity index (χ0n) is 19.0. The quantitative estimate of drug-likeness (QED) is 0.566. The van der Waals surface area contributed by atoms with Gasteiger partial charge < -0.3 is 14.5 Å². The minimum atomic E-state index is -3.99. The highest BCUT2D eigenvalue weighted by Crippen LogP contribution is 2.42. The molecule has 0 aliphatic carbocycles. The maximum Gasteiger partial charge on any atom is 0.274 e. The van der Waals surface area contributed by atoms with Crippen molar-refractivity contribution >= 4 is 15.7 Å². The Labute approximate surface area is 197 Å². The highest BCUT2D eigenvalue weighted by atomic mass is 32.2. The van der Waals surface area contributed by atoms with Gasteiger partial charge >= 0.3 is 0 Å². The highest BCUT2D eigenvalue weighted by Gasteiger charge is 2.39. The number of hydrogen-bond donors (Lipinski definition) is 0.